The first-order valence-electron chi connectivity index (χ1n) is 11.5. The summed E-state index contributed by atoms with van der Waals surface area (Å²) >= 11 is 0. The van der Waals surface area contributed by atoms with Gasteiger partial charge in [-0.2, -0.15) is 13.2 Å². The molecule has 0 aromatic heterocycles. The zero-order valence-electron chi connectivity index (χ0n) is 18.9. The van der Waals surface area contributed by atoms with Crippen molar-refractivity contribution in [1.29, 1.82) is 0 Å². The number of unbranched alkanes of at least 4 members (excludes halogenated alkanes) is 7. The van der Waals surface area contributed by atoms with E-state index in [4.69, 9.17) is 4.74 Å². The normalized spacial score (nSPS) is 11.4. The second kappa shape index (κ2) is 14.4. The van der Waals surface area contributed by atoms with Crippen molar-refractivity contribution in [2.45, 2.75) is 70.9 Å². The molecule has 4 heteroatoms. The first-order valence-corrected chi connectivity index (χ1v) is 11.5. The summed E-state index contributed by atoms with van der Waals surface area (Å²) < 4.78 is 41.4. The van der Waals surface area contributed by atoms with E-state index in [0.29, 0.717) is 5.75 Å². The van der Waals surface area contributed by atoms with Gasteiger partial charge in [0.15, 0.2) is 0 Å². The molecule has 2 aromatic carbocycles. The molecule has 0 heterocycles. The quantitative estimate of drug-likeness (QED) is 0.183. The molecule has 0 aliphatic heterocycles. The van der Waals surface area contributed by atoms with Gasteiger partial charge in [0.1, 0.15) is 12.4 Å². The van der Waals surface area contributed by atoms with E-state index in [1.165, 1.54) is 56.9 Å². The Hall–Kier alpha value is -2.67. The highest BCUT2D eigenvalue weighted by Gasteiger charge is 2.21. The number of alkyl halides is 3. The summed E-state index contributed by atoms with van der Waals surface area (Å²) in [7, 11) is 0. The van der Waals surface area contributed by atoms with Crippen LogP contribution in [0.3, 0.4) is 0 Å². The van der Waals surface area contributed by atoms with Crippen molar-refractivity contribution in [2.75, 3.05) is 6.61 Å². The smallest absolute Gasteiger partial charge is 0.409 e. The van der Waals surface area contributed by atoms with Crippen molar-refractivity contribution in [2.24, 2.45) is 0 Å². The van der Waals surface area contributed by atoms with Crippen molar-refractivity contribution in [1.82, 2.24) is 0 Å². The van der Waals surface area contributed by atoms with Gasteiger partial charge in [0.25, 0.3) is 0 Å². The maximum atomic E-state index is 12.1. The molecule has 0 radical (unpaired) electrons. The lowest BCUT2D eigenvalue weighted by Gasteiger charge is -2.03. The van der Waals surface area contributed by atoms with Gasteiger partial charge in [0, 0.05) is 17.2 Å². The van der Waals surface area contributed by atoms with Crippen molar-refractivity contribution >= 4 is 0 Å². The third-order valence-electron chi connectivity index (χ3n) is 5.13. The summed E-state index contributed by atoms with van der Waals surface area (Å²) in [6, 6.07) is 15.4. The number of hydrogen-bond donors (Lipinski definition) is 0. The van der Waals surface area contributed by atoms with Gasteiger partial charge >= 0.3 is 6.18 Å². The third kappa shape index (κ3) is 11.6. The largest absolute Gasteiger partial charge is 0.490 e. The van der Waals surface area contributed by atoms with Crippen LogP contribution in [0.2, 0.25) is 0 Å². The molecular formula is C28H33F3O. The van der Waals surface area contributed by atoms with Crippen LogP contribution < -0.4 is 4.74 Å². The van der Waals surface area contributed by atoms with Crippen LogP contribution in [0, 0.1) is 11.8 Å². The van der Waals surface area contributed by atoms with Crippen LogP contribution in [0.15, 0.2) is 60.7 Å². The Kier molecular flexibility index (Phi) is 11.5. The van der Waals surface area contributed by atoms with E-state index in [2.05, 4.69) is 43.0 Å². The van der Waals surface area contributed by atoms with E-state index >= 15 is 0 Å². The topological polar surface area (TPSA) is 9.23 Å². The standard InChI is InChI=1S/C28H33F3O/c1-2-3-4-5-6-7-8-9-11-24-12-14-25(15-13-24)16-17-26-18-20-27(21-19-26)32-23-10-22-28(29,30)31/h10,12-15,18-22H,2-9,11,23H2,1H3. The molecule has 0 aliphatic carbocycles. The highest BCUT2D eigenvalue weighted by molar-refractivity contribution is 5.44. The van der Waals surface area contributed by atoms with Crippen LogP contribution in [0.25, 0.3) is 0 Å². The van der Waals surface area contributed by atoms with Gasteiger partial charge in [-0.05, 0) is 60.9 Å². The van der Waals surface area contributed by atoms with E-state index in [9.17, 15) is 13.2 Å². The van der Waals surface area contributed by atoms with E-state index in [1.807, 2.05) is 0 Å². The number of allylic oxidation sites excluding steroid dienone is 1. The highest BCUT2D eigenvalue weighted by Crippen LogP contribution is 2.17. The lowest BCUT2D eigenvalue weighted by atomic mass is 10.0. The zero-order valence-corrected chi connectivity index (χ0v) is 18.9. The fourth-order valence-electron chi connectivity index (χ4n) is 3.32. The molecular weight excluding hydrogens is 409 g/mol. The zero-order chi connectivity index (χ0) is 23.1. The SMILES string of the molecule is CCCCCCCCCCc1ccc(C#Cc2ccc(OCC=CC(F)(F)F)cc2)cc1. The van der Waals surface area contributed by atoms with Crippen LogP contribution >= 0.6 is 0 Å². The van der Waals surface area contributed by atoms with E-state index in [0.717, 1.165) is 23.6 Å². The lowest BCUT2D eigenvalue weighted by Crippen LogP contribution is -2.02. The molecule has 0 N–H and O–H groups in total. The van der Waals surface area contributed by atoms with Crippen molar-refractivity contribution in [3.05, 3.63) is 77.4 Å². The second-order valence-electron chi connectivity index (χ2n) is 7.95. The number of rotatable bonds is 12. The van der Waals surface area contributed by atoms with Gasteiger partial charge in [0.2, 0.25) is 0 Å². The summed E-state index contributed by atoms with van der Waals surface area (Å²) in [6.07, 6.45) is 8.56. The van der Waals surface area contributed by atoms with Gasteiger partial charge in [0.05, 0.1) is 0 Å². The first-order chi connectivity index (χ1) is 15.5. The monoisotopic (exact) mass is 442 g/mol. The molecule has 0 aliphatic rings. The number of aryl methyl sites for hydroxylation is 1. The fourth-order valence-corrected chi connectivity index (χ4v) is 3.32. The van der Waals surface area contributed by atoms with E-state index in [1.54, 1.807) is 24.3 Å². The predicted molar refractivity (Wildman–Crippen MR) is 126 cm³/mol. The van der Waals surface area contributed by atoms with Crippen molar-refractivity contribution in [3.63, 3.8) is 0 Å². The number of ether oxygens (including phenoxy) is 1. The van der Waals surface area contributed by atoms with Crippen molar-refractivity contribution in [3.8, 4) is 17.6 Å². The molecule has 0 atom stereocenters. The average molecular weight is 443 g/mol. The Bertz CT molecular complexity index is 853. The van der Waals surface area contributed by atoms with E-state index < -0.39 is 6.18 Å². The molecule has 172 valence electrons. The fraction of sp³-hybridized carbons (Fsp3) is 0.429. The van der Waals surface area contributed by atoms with Gasteiger partial charge in [-0.1, -0.05) is 75.8 Å². The summed E-state index contributed by atoms with van der Waals surface area (Å²) in [5, 5.41) is 0. The number of halogens is 3. The molecule has 32 heavy (non-hydrogen) atoms. The Balaban J connectivity index is 1.71. The van der Waals surface area contributed by atoms with Crippen LogP contribution in [0.1, 0.15) is 75.0 Å². The van der Waals surface area contributed by atoms with Gasteiger partial charge in [-0.15, -0.1) is 0 Å². The Morgan fingerprint density at radius 2 is 1.28 bits per heavy atom. The van der Waals surface area contributed by atoms with Crippen LogP contribution in [0.5, 0.6) is 5.75 Å². The summed E-state index contributed by atoms with van der Waals surface area (Å²) in [6.45, 7) is 2.12. The van der Waals surface area contributed by atoms with E-state index in [-0.39, 0.29) is 12.7 Å². The minimum atomic E-state index is -4.31. The van der Waals surface area contributed by atoms with Gasteiger partial charge < -0.3 is 4.74 Å². The Morgan fingerprint density at radius 3 is 1.84 bits per heavy atom. The third-order valence-corrected chi connectivity index (χ3v) is 5.13. The van der Waals surface area contributed by atoms with Crippen LogP contribution in [-0.4, -0.2) is 12.8 Å². The average Bonchev–Trinajstić information content (AvgIpc) is 2.78. The highest BCUT2D eigenvalue weighted by atomic mass is 19.4. The molecule has 0 unspecified atom stereocenters. The Labute approximate surface area is 190 Å². The lowest BCUT2D eigenvalue weighted by molar-refractivity contribution is -0.0801. The molecule has 0 fully saturated rings. The second-order valence-corrected chi connectivity index (χ2v) is 7.95. The van der Waals surface area contributed by atoms with Crippen LogP contribution in [0.4, 0.5) is 13.2 Å². The molecule has 1 nitrogen and oxygen atoms in total. The molecule has 0 spiro atoms. The number of hydrogen-bond acceptors (Lipinski definition) is 1. The van der Waals surface area contributed by atoms with Gasteiger partial charge in [-0.3, -0.25) is 0 Å². The summed E-state index contributed by atoms with van der Waals surface area (Å²) in [5.41, 5.74) is 3.14. The minimum Gasteiger partial charge on any atom is -0.490 e. The predicted octanol–water partition coefficient (Wildman–Crippen LogP) is 8.27. The molecule has 0 saturated carbocycles. The molecule has 2 rings (SSSR count). The number of benzene rings is 2. The summed E-state index contributed by atoms with van der Waals surface area (Å²) in [4.78, 5) is 0. The maximum absolute atomic E-state index is 12.1. The molecule has 0 saturated heterocycles. The minimum absolute atomic E-state index is 0.129. The molecule has 2 aromatic rings. The summed E-state index contributed by atoms with van der Waals surface area (Å²) in [5.74, 6) is 6.76. The van der Waals surface area contributed by atoms with Crippen molar-refractivity contribution < 1.29 is 17.9 Å². The molecule has 0 amide bonds. The molecule has 0 bridgehead atoms. The first kappa shape index (κ1) is 25.6. The Morgan fingerprint density at radius 1 is 0.750 bits per heavy atom. The van der Waals surface area contributed by atoms with Gasteiger partial charge in [-0.25, -0.2) is 0 Å². The maximum Gasteiger partial charge on any atom is 0.409 e. The van der Waals surface area contributed by atoms with Crippen LogP contribution in [-0.2, 0) is 6.42 Å².